The van der Waals surface area contributed by atoms with Gasteiger partial charge in [-0.15, -0.1) is 11.3 Å². The molecular formula is C13H17ClN2OS. The fourth-order valence-electron chi connectivity index (χ4n) is 3.09. The van der Waals surface area contributed by atoms with Crippen LogP contribution in [0.15, 0.2) is 12.1 Å². The van der Waals surface area contributed by atoms with Crippen LogP contribution in [0.3, 0.4) is 0 Å². The third-order valence-electron chi connectivity index (χ3n) is 3.97. The van der Waals surface area contributed by atoms with Crippen LogP contribution in [0.25, 0.3) is 0 Å². The first kappa shape index (κ1) is 12.5. The number of nitrogens with zero attached hydrogens (tertiary/aromatic N) is 1. The summed E-state index contributed by atoms with van der Waals surface area (Å²) in [6.45, 7) is 2.32. The predicted octanol–water partition coefficient (Wildman–Crippen LogP) is 2.76. The van der Waals surface area contributed by atoms with Crippen LogP contribution in [-0.4, -0.2) is 36.0 Å². The summed E-state index contributed by atoms with van der Waals surface area (Å²) >= 11 is 7.21. The van der Waals surface area contributed by atoms with Crippen molar-refractivity contribution in [3.05, 3.63) is 21.3 Å². The number of carbonyl (C=O) groups is 1. The summed E-state index contributed by atoms with van der Waals surface area (Å²) in [4.78, 5) is 15.4. The summed E-state index contributed by atoms with van der Waals surface area (Å²) in [5.41, 5.74) is 0. The van der Waals surface area contributed by atoms with Gasteiger partial charge in [0, 0.05) is 18.6 Å². The monoisotopic (exact) mass is 284 g/mol. The normalized spacial score (nSPS) is 28.1. The van der Waals surface area contributed by atoms with Crippen molar-refractivity contribution in [3.8, 4) is 0 Å². The zero-order valence-corrected chi connectivity index (χ0v) is 11.8. The second-order valence-electron chi connectivity index (χ2n) is 5.07. The largest absolute Gasteiger partial charge is 0.347 e. The zero-order chi connectivity index (χ0) is 12.5. The minimum atomic E-state index is 0.0318. The second-order valence-corrected chi connectivity index (χ2v) is 6.79. The van der Waals surface area contributed by atoms with E-state index in [1.165, 1.54) is 37.1 Å². The Labute approximate surface area is 116 Å². The molecule has 5 heteroatoms. The molecule has 3 rings (SSSR count). The molecule has 2 saturated heterocycles. The zero-order valence-electron chi connectivity index (χ0n) is 10.2. The Bertz CT molecular complexity index is 448. The molecule has 2 atom stereocenters. The Kier molecular flexibility index (Phi) is 3.59. The number of halogens is 1. The molecule has 0 aromatic carbocycles. The Balaban J connectivity index is 1.64. The average Bonchev–Trinajstić information content (AvgIpc) is 2.97. The van der Waals surface area contributed by atoms with E-state index >= 15 is 0 Å². The molecule has 2 aliphatic rings. The molecule has 1 amide bonds. The van der Waals surface area contributed by atoms with Crippen molar-refractivity contribution in [1.29, 1.82) is 0 Å². The number of thiophene rings is 1. The van der Waals surface area contributed by atoms with Gasteiger partial charge in [-0.25, -0.2) is 0 Å². The molecule has 0 radical (unpaired) electrons. The van der Waals surface area contributed by atoms with Crippen molar-refractivity contribution in [2.45, 2.75) is 37.8 Å². The minimum Gasteiger partial charge on any atom is -0.347 e. The molecule has 3 heterocycles. The highest BCUT2D eigenvalue weighted by molar-refractivity contribution is 7.17. The van der Waals surface area contributed by atoms with Gasteiger partial charge in [-0.3, -0.25) is 9.69 Å². The van der Waals surface area contributed by atoms with Crippen LogP contribution < -0.4 is 5.32 Å². The van der Waals surface area contributed by atoms with Crippen LogP contribution in [0.2, 0.25) is 4.34 Å². The van der Waals surface area contributed by atoms with Gasteiger partial charge >= 0.3 is 0 Å². The number of hydrogen-bond donors (Lipinski definition) is 1. The molecule has 98 valence electrons. The van der Waals surface area contributed by atoms with Crippen LogP contribution in [0.1, 0.15) is 35.4 Å². The first-order valence-electron chi connectivity index (χ1n) is 6.54. The lowest BCUT2D eigenvalue weighted by molar-refractivity contribution is 0.0919. The lowest BCUT2D eigenvalue weighted by Gasteiger charge is -2.32. The van der Waals surface area contributed by atoms with E-state index in [-0.39, 0.29) is 5.91 Å². The number of rotatable bonds is 2. The molecule has 18 heavy (non-hydrogen) atoms. The molecule has 0 saturated carbocycles. The maximum atomic E-state index is 12.1. The van der Waals surface area contributed by atoms with Crippen molar-refractivity contribution in [1.82, 2.24) is 10.2 Å². The average molecular weight is 285 g/mol. The lowest BCUT2D eigenvalue weighted by atomic mass is 9.99. The van der Waals surface area contributed by atoms with E-state index < -0.39 is 0 Å². The Hall–Kier alpha value is -0.580. The van der Waals surface area contributed by atoms with E-state index in [1.54, 1.807) is 12.1 Å². The van der Waals surface area contributed by atoms with Crippen molar-refractivity contribution in [2.24, 2.45) is 0 Å². The number of piperidine rings is 1. The minimum absolute atomic E-state index is 0.0318. The van der Waals surface area contributed by atoms with Gasteiger partial charge in [0.05, 0.1) is 9.21 Å². The highest BCUT2D eigenvalue weighted by Crippen LogP contribution is 2.28. The van der Waals surface area contributed by atoms with Crippen LogP contribution >= 0.6 is 22.9 Å². The third-order valence-corrected chi connectivity index (χ3v) is 5.20. The predicted molar refractivity (Wildman–Crippen MR) is 74.4 cm³/mol. The quantitative estimate of drug-likeness (QED) is 0.906. The number of carbonyl (C=O) groups excluding carboxylic acids is 1. The van der Waals surface area contributed by atoms with Crippen molar-refractivity contribution >= 4 is 28.8 Å². The molecule has 2 fully saturated rings. The molecular weight excluding hydrogens is 268 g/mol. The van der Waals surface area contributed by atoms with Crippen LogP contribution in [-0.2, 0) is 0 Å². The molecule has 0 bridgehead atoms. The summed E-state index contributed by atoms with van der Waals surface area (Å²) in [5, 5.41) is 3.18. The molecule has 1 aromatic heterocycles. The van der Waals surface area contributed by atoms with E-state index in [0.29, 0.717) is 21.3 Å². The fourth-order valence-corrected chi connectivity index (χ4v) is 4.04. The summed E-state index contributed by atoms with van der Waals surface area (Å²) in [5.74, 6) is 0.0318. The molecule has 1 N–H and O–H groups in total. The Morgan fingerprint density at radius 2 is 2.22 bits per heavy atom. The lowest BCUT2D eigenvalue weighted by Crippen LogP contribution is -2.46. The Morgan fingerprint density at radius 1 is 1.33 bits per heavy atom. The van der Waals surface area contributed by atoms with Crippen LogP contribution in [0.5, 0.6) is 0 Å². The van der Waals surface area contributed by atoms with E-state index in [4.69, 9.17) is 11.6 Å². The Morgan fingerprint density at radius 3 is 3.00 bits per heavy atom. The highest BCUT2D eigenvalue weighted by atomic mass is 35.5. The van der Waals surface area contributed by atoms with Crippen molar-refractivity contribution in [2.75, 3.05) is 13.1 Å². The molecule has 0 aliphatic carbocycles. The summed E-state index contributed by atoms with van der Waals surface area (Å²) < 4.78 is 0.672. The molecule has 0 unspecified atom stereocenters. The van der Waals surface area contributed by atoms with Gasteiger partial charge in [0.15, 0.2) is 0 Å². The van der Waals surface area contributed by atoms with Gasteiger partial charge in [0.2, 0.25) is 0 Å². The standard InChI is InChI=1S/C13H17ClN2OS/c14-12-5-4-11(18-12)13(17)15-9-6-8-16-7-2-1-3-10(9)16/h4-5,9-10H,1-3,6-8H2,(H,15,17)/t9-,10-/m0/s1. The molecule has 0 spiro atoms. The van der Waals surface area contributed by atoms with Gasteiger partial charge in [-0.2, -0.15) is 0 Å². The van der Waals surface area contributed by atoms with E-state index in [0.717, 1.165) is 13.0 Å². The second kappa shape index (κ2) is 5.19. The van der Waals surface area contributed by atoms with Gasteiger partial charge < -0.3 is 5.32 Å². The van der Waals surface area contributed by atoms with Gasteiger partial charge in [-0.05, 0) is 37.9 Å². The molecule has 1 aromatic rings. The fraction of sp³-hybridized carbons (Fsp3) is 0.615. The maximum Gasteiger partial charge on any atom is 0.261 e. The van der Waals surface area contributed by atoms with Gasteiger partial charge in [0.25, 0.3) is 5.91 Å². The SMILES string of the molecule is O=C(N[C@H]1CCN2CCCC[C@@H]12)c1ccc(Cl)s1. The molecule has 3 nitrogen and oxygen atoms in total. The maximum absolute atomic E-state index is 12.1. The number of nitrogens with one attached hydrogen (secondary N) is 1. The van der Waals surface area contributed by atoms with Crippen molar-refractivity contribution < 1.29 is 4.79 Å². The first-order valence-corrected chi connectivity index (χ1v) is 7.74. The highest BCUT2D eigenvalue weighted by Gasteiger charge is 2.36. The third kappa shape index (κ3) is 2.42. The topological polar surface area (TPSA) is 32.3 Å². The summed E-state index contributed by atoms with van der Waals surface area (Å²) in [6.07, 6.45) is 4.89. The molecule has 2 aliphatic heterocycles. The van der Waals surface area contributed by atoms with Gasteiger partial charge in [0.1, 0.15) is 0 Å². The number of hydrogen-bond acceptors (Lipinski definition) is 3. The summed E-state index contributed by atoms with van der Waals surface area (Å²) in [6, 6.07) is 4.45. The van der Waals surface area contributed by atoms with E-state index in [9.17, 15) is 4.79 Å². The van der Waals surface area contributed by atoms with Gasteiger partial charge in [-0.1, -0.05) is 18.0 Å². The van der Waals surface area contributed by atoms with Crippen molar-refractivity contribution in [3.63, 3.8) is 0 Å². The number of amides is 1. The summed E-state index contributed by atoms with van der Waals surface area (Å²) in [7, 11) is 0. The van der Waals surface area contributed by atoms with Crippen LogP contribution in [0, 0.1) is 0 Å². The first-order chi connectivity index (χ1) is 8.74. The van der Waals surface area contributed by atoms with E-state index in [1.807, 2.05) is 0 Å². The van der Waals surface area contributed by atoms with E-state index in [2.05, 4.69) is 10.2 Å². The smallest absolute Gasteiger partial charge is 0.261 e. The number of fused-ring (bicyclic) bond motifs is 1. The van der Waals surface area contributed by atoms with Crippen LogP contribution in [0.4, 0.5) is 0 Å².